The van der Waals surface area contributed by atoms with Crippen LogP contribution in [0.5, 0.6) is 0 Å². The molecule has 6 unspecified atom stereocenters. The Balaban J connectivity index is 2.40. The van der Waals surface area contributed by atoms with Crippen molar-refractivity contribution in [2.24, 2.45) is 0 Å². The smallest absolute Gasteiger partial charge is 0.462 e. The molecule has 0 aromatic rings. The first kappa shape index (κ1) is 60.3. The summed E-state index contributed by atoms with van der Waals surface area (Å²) < 4.78 is 33.6. The zero-order chi connectivity index (χ0) is 47.1. The normalized spacial score (nSPS) is 21.7. The molecule has 0 aromatic heterocycles. The molecule has 0 saturated heterocycles. The van der Waals surface area contributed by atoms with E-state index in [9.17, 15) is 44.6 Å². The Morgan fingerprint density at radius 2 is 0.844 bits per heavy atom. The molecule has 1 fully saturated rings. The lowest BCUT2D eigenvalue weighted by Gasteiger charge is -2.41. The first-order chi connectivity index (χ1) is 30.9. The van der Waals surface area contributed by atoms with Crippen molar-refractivity contribution in [1.82, 2.24) is 0 Å². The third-order valence-electron chi connectivity index (χ3n) is 12.0. The van der Waals surface area contributed by atoms with Gasteiger partial charge in [0.2, 0.25) is 0 Å². The first-order valence-electron chi connectivity index (χ1n) is 25.6. The Bertz CT molecular complexity index is 1220. The predicted molar refractivity (Wildman–Crippen MR) is 254 cm³/mol. The molecule has 0 spiro atoms. The highest BCUT2D eigenvalue weighted by Gasteiger charge is 2.51. The van der Waals surface area contributed by atoms with Crippen LogP contribution in [0.4, 0.5) is 0 Å². The molecule has 0 amide bonds. The Morgan fingerprint density at radius 3 is 1.30 bits per heavy atom. The van der Waals surface area contributed by atoms with Gasteiger partial charge in [0.1, 0.15) is 43.2 Å². The van der Waals surface area contributed by atoms with E-state index in [1.165, 1.54) is 109 Å². The number of hydrogen-bond donors (Lipinski definition) is 6. The fourth-order valence-corrected chi connectivity index (χ4v) is 8.88. The van der Waals surface area contributed by atoms with Crippen molar-refractivity contribution < 1.29 is 63.1 Å². The van der Waals surface area contributed by atoms with Crippen LogP contribution in [0.1, 0.15) is 226 Å². The average molecular weight is 933 g/mol. The minimum atomic E-state index is -5.12. The summed E-state index contributed by atoms with van der Waals surface area (Å²) in [5.41, 5.74) is 0. The molecule has 6 N–H and O–H groups in total. The number of allylic oxidation sites excluding steroid dienone is 4. The summed E-state index contributed by atoms with van der Waals surface area (Å²) in [4.78, 5) is 35.8. The second kappa shape index (κ2) is 40.4. The predicted octanol–water partition coefficient (Wildman–Crippen LogP) is 10.8. The fourth-order valence-electron chi connectivity index (χ4n) is 7.91. The average Bonchev–Trinajstić information content (AvgIpc) is 3.28. The summed E-state index contributed by atoms with van der Waals surface area (Å²) >= 11 is 0. The molecule has 0 aliphatic heterocycles. The van der Waals surface area contributed by atoms with Gasteiger partial charge in [-0.05, 0) is 44.9 Å². The maximum Gasteiger partial charge on any atom is 0.472 e. The zero-order valence-corrected chi connectivity index (χ0v) is 41.0. The minimum Gasteiger partial charge on any atom is -0.462 e. The van der Waals surface area contributed by atoms with E-state index in [2.05, 4.69) is 38.2 Å². The molecule has 14 heteroatoms. The van der Waals surface area contributed by atoms with E-state index >= 15 is 0 Å². The molecule has 376 valence electrons. The maximum atomic E-state index is 12.8. The van der Waals surface area contributed by atoms with Crippen LogP contribution in [-0.4, -0.2) is 98.3 Å². The number of unbranched alkanes of at least 4 members (excludes halogenated alkanes) is 27. The molecule has 1 aliphatic carbocycles. The van der Waals surface area contributed by atoms with Crippen LogP contribution in [-0.2, 0) is 32.7 Å². The van der Waals surface area contributed by atoms with Crippen LogP contribution in [0.25, 0.3) is 0 Å². The largest absolute Gasteiger partial charge is 0.472 e. The third-order valence-corrected chi connectivity index (χ3v) is 13.0. The quantitative estimate of drug-likeness (QED) is 0.0146. The SMILES string of the molecule is CCCCC/C=C/C/C=C/CCCCCCCCCC(=O)O[C@@H](COC(=O)CCCCCCCCCCCCCCCCCCCC)COP(=O)(O)OC1C(O)C(O)C(O)[C@H](O)C1O. The Morgan fingerprint density at radius 1 is 0.484 bits per heavy atom. The van der Waals surface area contributed by atoms with Crippen LogP contribution >= 0.6 is 7.82 Å². The number of carbonyl (C=O) groups is 2. The van der Waals surface area contributed by atoms with Gasteiger partial charge in [-0.2, -0.15) is 0 Å². The number of ether oxygens (including phenoxy) is 2. The Hall–Kier alpha value is -1.67. The van der Waals surface area contributed by atoms with E-state index in [0.29, 0.717) is 12.8 Å². The lowest BCUT2D eigenvalue weighted by Crippen LogP contribution is -2.64. The van der Waals surface area contributed by atoms with Crippen molar-refractivity contribution in [3.8, 4) is 0 Å². The van der Waals surface area contributed by atoms with Crippen molar-refractivity contribution in [2.45, 2.75) is 268 Å². The van der Waals surface area contributed by atoms with Crippen molar-refractivity contribution in [3.05, 3.63) is 24.3 Å². The summed E-state index contributed by atoms with van der Waals surface area (Å²) in [6, 6.07) is 0. The van der Waals surface area contributed by atoms with Gasteiger partial charge in [-0.1, -0.05) is 192 Å². The molecule has 0 radical (unpaired) electrons. The maximum absolute atomic E-state index is 12.8. The lowest BCUT2D eigenvalue weighted by atomic mass is 9.85. The van der Waals surface area contributed by atoms with E-state index in [4.69, 9.17) is 18.5 Å². The second-order valence-corrected chi connectivity index (χ2v) is 19.4. The molecule has 0 bridgehead atoms. The van der Waals surface area contributed by atoms with E-state index in [-0.39, 0.29) is 12.8 Å². The highest BCUT2D eigenvalue weighted by molar-refractivity contribution is 7.47. The zero-order valence-electron chi connectivity index (χ0n) is 40.1. The van der Waals surface area contributed by atoms with Gasteiger partial charge in [-0.3, -0.25) is 18.6 Å². The molecular formula is C50H93O13P. The van der Waals surface area contributed by atoms with Gasteiger partial charge in [0.05, 0.1) is 6.61 Å². The van der Waals surface area contributed by atoms with Gasteiger partial charge in [0.15, 0.2) is 6.10 Å². The number of phosphoric acid groups is 1. The topological polar surface area (TPSA) is 210 Å². The van der Waals surface area contributed by atoms with Crippen LogP contribution in [0.15, 0.2) is 24.3 Å². The number of carbonyl (C=O) groups excluding carboxylic acids is 2. The van der Waals surface area contributed by atoms with Gasteiger partial charge >= 0.3 is 19.8 Å². The van der Waals surface area contributed by atoms with Crippen molar-refractivity contribution in [3.63, 3.8) is 0 Å². The second-order valence-electron chi connectivity index (χ2n) is 18.0. The number of phosphoric ester groups is 1. The van der Waals surface area contributed by atoms with E-state index in [1.807, 2.05) is 0 Å². The first-order valence-corrected chi connectivity index (χ1v) is 27.1. The highest BCUT2D eigenvalue weighted by Crippen LogP contribution is 2.47. The molecule has 13 nitrogen and oxygen atoms in total. The standard InChI is InChI=1S/C50H93O13P/c1-3-5-7-9-11-13-15-17-19-21-23-24-26-28-30-32-34-36-38-43(51)60-40-42(41-61-64(58,59)63-50-48(56)46(54)45(53)47(55)49(50)57)62-44(52)39-37-35-33-31-29-27-25-22-20-18-16-14-12-10-8-6-4-2/h12,14,18,20,42,45-50,53-57H,3-11,13,15-17,19,21-41H2,1-2H3,(H,58,59)/b14-12+,20-18+/t42-,45?,46-,47?,48?,49?,50?/m0/s1. The number of aliphatic hydroxyl groups excluding tert-OH is 5. The van der Waals surface area contributed by atoms with Crippen LogP contribution in [0.2, 0.25) is 0 Å². The highest BCUT2D eigenvalue weighted by atomic mass is 31.2. The van der Waals surface area contributed by atoms with E-state index < -0.39 is 75.7 Å². The molecule has 0 heterocycles. The van der Waals surface area contributed by atoms with Gasteiger partial charge in [0, 0.05) is 12.8 Å². The van der Waals surface area contributed by atoms with E-state index in [1.54, 1.807) is 0 Å². The molecular weight excluding hydrogens is 840 g/mol. The van der Waals surface area contributed by atoms with Crippen LogP contribution in [0.3, 0.4) is 0 Å². The molecule has 1 rings (SSSR count). The van der Waals surface area contributed by atoms with Gasteiger partial charge in [-0.15, -0.1) is 0 Å². The molecule has 1 aliphatic rings. The van der Waals surface area contributed by atoms with Crippen molar-refractivity contribution >= 4 is 19.8 Å². The molecule has 8 atom stereocenters. The summed E-state index contributed by atoms with van der Waals surface area (Å²) in [7, 11) is -5.12. The number of hydrogen-bond acceptors (Lipinski definition) is 12. The number of esters is 2. The van der Waals surface area contributed by atoms with E-state index in [0.717, 1.165) is 77.0 Å². The molecule has 64 heavy (non-hydrogen) atoms. The van der Waals surface area contributed by atoms with Crippen molar-refractivity contribution in [2.75, 3.05) is 13.2 Å². The van der Waals surface area contributed by atoms with Gasteiger partial charge in [0.25, 0.3) is 0 Å². The Kier molecular flexibility index (Phi) is 38.1. The number of aliphatic hydroxyl groups is 5. The molecule has 1 saturated carbocycles. The Labute approximate surface area is 387 Å². The van der Waals surface area contributed by atoms with Crippen molar-refractivity contribution in [1.29, 1.82) is 0 Å². The van der Waals surface area contributed by atoms with Gasteiger partial charge in [-0.25, -0.2) is 4.57 Å². The summed E-state index contributed by atoms with van der Waals surface area (Å²) in [6.07, 6.45) is 32.2. The monoisotopic (exact) mass is 933 g/mol. The lowest BCUT2D eigenvalue weighted by molar-refractivity contribution is -0.220. The van der Waals surface area contributed by atoms with Crippen LogP contribution in [0, 0.1) is 0 Å². The fraction of sp³-hybridized carbons (Fsp3) is 0.880. The number of rotatable bonds is 43. The summed E-state index contributed by atoms with van der Waals surface area (Å²) in [5, 5.41) is 50.2. The third kappa shape index (κ3) is 32.1. The van der Waals surface area contributed by atoms with Crippen LogP contribution < -0.4 is 0 Å². The summed E-state index contributed by atoms with van der Waals surface area (Å²) in [6.45, 7) is 3.30. The minimum absolute atomic E-state index is 0.0907. The van der Waals surface area contributed by atoms with Gasteiger partial charge < -0.3 is 39.9 Å². The molecule has 0 aromatic carbocycles. The summed E-state index contributed by atoms with van der Waals surface area (Å²) in [5.74, 6) is -1.10.